The largest absolute Gasteiger partial charge is 0.461 e. The van der Waals surface area contributed by atoms with Crippen molar-refractivity contribution in [3.63, 3.8) is 0 Å². The van der Waals surface area contributed by atoms with Crippen molar-refractivity contribution in [3.8, 4) is 0 Å². The molecule has 1 amide bonds. The summed E-state index contributed by atoms with van der Waals surface area (Å²) in [6.45, 7) is 17.0. The van der Waals surface area contributed by atoms with E-state index in [4.69, 9.17) is 10.5 Å². The smallest absolute Gasteiger partial charge is 0.316 e. The van der Waals surface area contributed by atoms with E-state index in [1.165, 1.54) is 11.8 Å². The molecule has 0 aromatic carbocycles. The fraction of sp³-hybridized carbons (Fsp3) is 0.844. The monoisotopic (exact) mass is 592 g/mol. The molecule has 4 aliphatic rings. The SMILES string of the molecule is C=C[C@]1(C)C[C@@H](OC(=O)CSC2CN(C(=O)[C@@H](N)C(C)C)CCC2O)[C@]2(C)[C@H](C)CC[C@]3(CCC(=O)[C@H]32)[C@@H](C)[C@@H]1O. The molecule has 41 heavy (non-hydrogen) atoms. The van der Waals surface area contributed by atoms with E-state index in [1.807, 2.05) is 20.8 Å². The lowest BCUT2D eigenvalue weighted by molar-refractivity contribution is -0.205. The lowest BCUT2D eigenvalue weighted by atomic mass is 9.44. The van der Waals surface area contributed by atoms with E-state index in [0.29, 0.717) is 32.4 Å². The van der Waals surface area contributed by atoms with Crippen LogP contribution < -0.4 is 5.73 Å². The van der Waals surface area contributed by atoms with Crippen LogP contribution in [0.5, 0.6) is 0 Å². The summed E-state index contributed by atoms with van der Waals surface area (Å²) in [7, 11) is 0. The molecular weight excluding hydrogens is 540 g/mol. The zero-order valence-electron chi connectivity index (χ0n) is 25.8. The molecule has 4 fully saturated rings. The minimum absolute atomic E-state index is 0.0102. The van der Waals surface area contributed by atoms with Gasteiger partial charge in [-0.15, -0.1) is 18.3 Å². The molecule has 4 N–H and O–H groups in total. The number of esters is 1. The Hall–Kier alpha value is -1.42. The molecule has 1 saturated heterocycles. The summed E-state index contributed by atoms with van der Waals surface area (Å²) in [5.74, 6) is -0.462. The topological polar surface area (TPSA) is 130 Å². The summed E-state index contributed by atoms with van der Waals surface area (Å²) in [5, 5.41) is 22.0. The third-order valence-corrected chi connectivity index (χ3v) is 13.1. The molecule has 3 saturated carbocycles. The van der Waals surface area contributed by atoms with Gasteiger partial charge in [0.1, 0.15) is 11.9 Å². The molecule has 4 rings (SSSR count). The van der Waals surface area contributed by atoms with Crippen LogP contribution in [-0.4, -0.2) is 81.2 Å². The number of hydrogen-bond donors (Lipinski definition) is 3. The molecule has 2 unspecified atom stereocenters. The molecule has 0 spiro atoms. The highest BCUT2D eigenvalue weighted by molar-refractivity contribution is 8.00. The first-order valence-corrected chi connectivity index (χ1v) is 16.5. The number of amides is 1. The van der Waals surface area contributed by atoms with E-state index >= 15 is 0 Å². The maximum atomic E-state index is 13.6. The lowest BCUT2D eigenvalue weighted by Gasteiger charge is -2.61. The number of hydrogen-bond acceptors (Lipinski definition) is 8. The van der Waals surface area contributed by atoms with Gasteiger partial charge in [0.2, 0.25) is 5.91 Å². The number of Topliss-reactive ketones (excluding diaryl/α,β-unsaturated/α-hetero) is 1. The minimum atomic E-state index is -0.708. The van der Waals surface area contributed by atoms with Crippen molar-refractivity contribution in [3.05, 3.63) is 12.7 Å². The molecule has 0 aromatic heterocycles. The zero-order chi connectivity index (χ0) is 30.5. The Morgan fingerprint density at radius 3 is 2.54 bits per heavy atom. The van der Waals surface area contributed by atoms with Gasteiger partial charge >= 0.3 is 5.97 Å². The molecule has 8 nitrogen and oxygen atoms in total. The van der Waals surface area contributed by atoms with Gasteiger partial charge in [-0.2, -0.15) is 0 Å². The Labute approximate surface area is 250 Å². The molecule has 232 valence electrons. The molecule has 0 radical (unpaired) electrons. The second-order valence-electron chi connectivity index (χ2n) is 14.3. The number of nitrogens with two attached hydrogens (primary N) is 1. The number of ether oxygens (including phenoxy) is 1. The first-order valence-electron chi connectivity index (χ1n) is 15.5. The quantitative estimate of drug-likeness (QED) is 0.302. The van der Waals surface area contributed by atoms with Gasteiger partial charge in [0.25, 0.3) is 0 Å². The van der Waals surface area contributed by atoms with Gasteiger partial charge in [-0.25, -0.2) is 0 Å². The third kappa shape index (κ3) is 5.53. The Morgan fingerprint density at radius 2 is 1.90 bits per heavy atom. The van der Waals surface area contributed by atoms with Crippen LogP contribution in [0.25, 0.3) is 0 Å². The van der Waals surface area contributed by atoms with Crippen LogP contribution in [0, 0.1) is 39.9 Å². The normalized spacial score (nSPS) is 43.6. The number of likely N-dealkylation sites (tertiary alicyclic amines) is 1. The number of ketones is 1. The summed E-state index contributed by atoms with van der Waals surface area (Å²) in [4.78, 5) is 41.6. The average molecular weight is 593 g/mol. The molecule has 1 aliphatic heterocycles. The van der Waals surface area contributed by atoms with Crippen molar-refractivity contribution >= 4 is 29.4 Å². The van der Waals surface area contributed by atoms with Gasteiger partial charge < -0.3 is 25.6 Å². The standard InChI is InChI=1S/C32H52N2O6S/c1-8-30(6)15-24(31(7)19(4)9-12-32(20(5)28(30)38)13-10-22(36)27(31)32)40-25(37)17-41-23-16-34(14-11-21(23)35)29(39)26(33)18(2)3/h8,18-21,23-24,26-28,35,38H,1,9-17,33H2,2-7H3/t19-,20+,21?,23?,24-,26+,27+,28+,30-,31+,32+/m1/s1. The van der Waals surface area contributed by atoms with E-state index in [2.05, 4.69) is 27.4 Å². The number of aliphatic hydroxyl groups excluding tert-OH is 2. The zero-order valence-corrected chi connectivity index (χ0v) is 26.6. The van der Waals surface area contributed by atoms with Crippen molar-refractivity contribution < 1.29 is 29.3 Å². The molecule has 9 heteroatoms. The Kier molecular flexibility index (Phi) is 9.45. The van der Waals surface area contributed by atoms with Gasteiger partial charge in [0.15, 0.2) is 0 Å². The first-order chi connectivity index (χ1) is 19.1. The molecule has 11 atom stereocenters. The second-order valence-corrected chi connectivity index (χ2v) is 15.6. The van der Waals surface area contributed by atoms with Crippen molar-refractivity contribution in [2.24, 2.45) is 45.7 Å². The molecule has 1 heterocycles. The molecule has 2 bridgehead atoms. The average Bonchev–Trinajstić information content (AvgIpc) is 3.30. The van der Waals surface area contributed by atoms with E-state index in [9.17, 15) is 24.6 Å². The van der Waals surface area contributed by atoms with Crippen LogP contribution in [0.15, 0.2) is 12.7 Å². The van der Waals surface area contributed by atoms with Crippen LogP contribution in [0.4, 0.5) is 0 Å². The number of nitrogens with zero attached hydrogens (tertiary/aromatic N) is 1. The fourth-order valence-electron chi connectivity index (χ4n) is 8.63. The number of aliphatic hydroxyl groups is 2. The van der Waals surface area contributed by atoms with Crippen molar-refractivity contribution in [1.82, 2.24) is 4.90 Å². The van der Waals surface area contributed by atoms with Crippen LogP contribution in [0.3, 0.4) is 0 Å². The Morgan fingerprint density at radius 1 is 1.22 bits per heavy atom. The number of thioether (sulfide) groups is 1. The van der Waals surface area contributed by atoms with E-state index in [1.54, 1.807) is 11.0 Å². The third-order valence-electron chi connectivity index (χ3n) is 11.8. The number of rotatable bonds is 7. The van der Waals surface area contributed by atoms with Crippen LogP contribution in [0.1, 0.15) is 80.1 Å². The van der Waals surface area contributed by atoms with Crippen LogP contribution >= 0.6 is 11.8 Å². The highest BCUT2D eigenvalue weighted by atomic mass is 32.2. The second kappa shape index (κ2) is 11.9. The summed E-state index contributed by atoms with van der Waals surface area (Å²) >= 11 is 1.31. The predicted octanol–water partition coefficient (Wildman–Crippen LogP) is 3.57. The van der Waals surface area contributed by atoms with Crippen LogP contribution in [0.2, 0.25) is 0 Å². The molecule has 0 aromatic rings. The van der Waals surface area contributed by atoms with Gasteiger partial charge in [-0.05, 0) is 55.3 Å². The lowest BCUT2D eigenvalue weighted by Crippen LogP contribution is -2.63. The highest BCUT2D eigenvalue weighted by Gasteiger charge is 2.68. The first kappa shape index (κ1) is 32.5. The fourth-order valence-corrected chi connectivity index (χ4v) is 9.70. The number of piperidine rings is 1. The van der Waals surface area contributed by atoms with Crippen molar-refractivity contribution in [2.75, 3.05) is 18.8 Å². The summed E-state index contributed by atoms with van der Waals surface area (Å²) in [6, 6.07) is -0.596. The van der Waals surface area contributed by atoms with E-state index < -0.39 is 41.2 Å². The van der Waals surface area contributed by atoms with Gasteiger partial charge in [-0.1, -0.05) is 47.6 Å². The summed E-state index contributed by atoms with van der Waals surface area (Å²) in [6.07, 6.45) is 3.77. The maximum Gasteiger partial charge on any atom is 0.316 e. The van der Waals surface area contributed by atoms with Gasteiger partial charge in [0, 0.05) is 41.5 Å². The minimum Gasteiger partial charge on any atom is -0.461 e. The molecule has 3 aliphatic carbocycles. The Bertz CT molecular complexity index is 1040. The van der Waals surface area contributed by atoms with E-state index in [0.717, 1.165) is 19.3 Å². The number of carbonyl (C=O) groups is 3. The van der Waals surface area contributed by atoms with E-state index in [-0.39, 0.29) is 51.8 Å². The van der Waals surface area contributed by atoms with Gasteiger partial charge in [0.05, 0.1) is 24.0 Å². The van der Waals surface area contributed by atoms with Gasteiger partial charge in [-0.3, -0.25) is 14.4 Å². The summed E-state index contributed by atoms with van der Waals surface area (Å²) in [5.41, 5.74) is 4.53. The van der Waals surface area contributed by atoms with Crippen molar-refractivity contribution in [1.29, 1.82) is 0 Å². The predicted molar refractivity (Wildman–Crippen MR) is 161 cm³/mol. The maximum absolute atomic E-state index is 13.6. The van der Waals surface area contributed by atoms with Crippen molar-refractivity contribution in [2.45, 2.75) is 110 Å². The molecular formula is C32H52N2O6S. The van der Waals surface area contributed by atoms with Crippen LogP contribution in [-0.2, 0) is 19.1 Å². The highest BCUT2D eigenvalue weighted by Crippen LogP contribution is 2.68. The summed E-state index contributed by atoms with van der Waals surface area (Å²) < 4.78 is 6.34. The number of carbonyl (C=O) groups excluding carboxylic acids is 3. The Balaban J connectivity index is 1.54.